The second kappa shape index (κ2) is 9.90. The van der Waals surface area contributed by atoms with Crippen LogP contribution in [0.3, 0.4) is 0 Å². The molecule has 4 rings (SSSR count). The molecule has 0 aliphatic heterocycles. The molecule has 34 heavy (non-hydrogen) atoms. The molecule has 0 fully saturated rings. The van der Waals surface area contributed by atoms with Crippen molar-refractivity contribution in [1.29, 1.82) is 0 Å². The lowest BCUT2D eigenvalue weighted by Crippen LogP contribution is -2.32. The molecule has 9 heteroatoms. The van der Waals surface area contributed by atoms with Crippen LogP contribution in [0.4, 0.5) is 5.13 Å². The van der Waals surface area contributed by atoms with E-state index < -0.39 is 15.1 Å². The highest BCUT2D eigenvalue weighted by atomic mass is 32.2. The van der Waals surface area contributed by atoms with Gasteiger partial charge in [-0.3, -0.25) is 14.7 Å². The molecule has 4 aromatic rings. The van der Waals surface area contributed by atoms with E-state index in [4.69, 9.17) is 9.72 Å². The van der Waals surface area contributed by atoms with Crippen LogP contribution in [0.2, 0.25) is 0 Å². The van der Waals surface area contributed by atoms with Crippen molar-refractivity contribution in [3.05, 3.63) is 78.1 Å². The summed E-state index contributed by atoms with van der Waals surface area (Å²) in [5.41, 5.74) is 2.16. The van der Waals surface area contributed by atoms with Gasteiger partial charge in [-0.05, 0) is 55.8 Å². The number of fused-ring (bicyclic) bond motifs is 1. The molecule has 0 radical (unpaired) electrons. The van der Waals surface area contributed by atoms with Crippen molar-refractivity contribution >= 4 is 42.4 Å². The van der Waals surface area contributed by atoms with Crippen LogP contribution >= 0.6 is 11.3 Å². The number of hydrogen-bond donors (Lipinski definition) is 0. The molecular formula is C25H25N3O4S2. The van der Waals surface area contributed by atoms with E-state index in [9.17, 15) is 13.2 Å². The summed E-state index contributed by atoms with van der Waals surface area (Å²) in [6, 6.07) is 17.7. The molecule has 7 nitrogen and oxygen atoms in total. The Kier molecular flexibility index (Phi) is 6.95. The maximum Gasteiger partial charge on any atom is 0.233 e. The molecule has 2 aromatic heterocycles. The number of hydrogen-bond acceptors (Lipinski definition) is 7. The zero-order valence-electron chi connectivity index (χ0n) is 19.1. The Labute approximate surface area is 203 Å². The number of para-hydroxylation sites is 1. The van der Waals surface area contributed by atoms with Gasteiger partial charge >= 0.3 is 0 Å². The highest BCUT2D eigenvalue weighted by Crippen LogP contribution is 2.35. The Morgan fingerprint density at radius 2 is 1.82 bits per heavy atom. The van der Waals surface area contributed by atoms with Crippen molar-refractivity contribution < 1.29 is 17.9 Å². The highest BCUT2D eigenvalue weighted by Gasteiger charge is 2.23. The first-order valence-electron chi connectivity index (χ1n) is 10.8. The monoisotopic (exact) mass is 495 g/mol. The Balaban J connectivity index is 1.65. The fraction of sp³-hybridized carbons (Fsp3) is 0.240. The summed E-state index contributed by atoms with van der Waals surface area (Å²) >= 11 is 1.41. The van der Waals surface area contributed by atoms with E-state index in [1.54, 1.807) is 56.3 Å². The summed E-state index contributed by atoms with van der Waals surface area (Å²) < 4.78 is 31.1. The molecule has 0 aliphatic carbocycles. The van der Waals surface area contributed by atoms with Crippen molar-refractivity contribution in [2.75, 3.05) is 12.0 Å². The van der Waals surface area contributed by atoms with Crippen molar-refractivity contribution in [2.24, 2.45) is 0 Å². The largest absolute Gasteiger partial charge is 0.494 e. The Morgan fingerprint density at radius 3 is 2.47 bits per heavy atom. The number of ether oxygens (including phenoxy) is 1. The molecule has 0 atom stereocenters. The number of sulfone groups is 1. The van der Waals surface area contributed by atoms with E-state index in [0.29, 0.717) is 16.4 Å². The van der Waals surface area contributed by atoms with E-state index in [0.717, 1.165) is 16.0 Å². The van der Waals surface area contributed by atoms with Gasteiger partial charge in [-0.1, -0.05) is 35.6 Å². The van der Waals surface area contributed by atoms with Crippen molar-refractivity contribution in [2.45, 2.75) is 37.0 Å². The summed E-state index contributed by atoms with van der Waals surface area (Å²) in [6.45, 7) is 3.56. The van der Waals surface area contributed by atoms with E-state index in [1.165, 1.54) is 11.3 Å². The third kappa shape index (κ3) is 4.95. The van der Waals surface area contributed by atoms with Crippen LogP contribution in [-0.2, 0) is 27.6 Å². The first kappa shape index (κ1) is 23.8. The normalized spacial score (nSPS) is 11.6. The number of nitrogens with zero attached hydrogens (tertiary/aromatic N) is 3. The molecular weight excluding hydrogens is 470 g/mol. The first-order valence-corrected chi connectivity index (χ1v) is 13.1. The lowest BCUT2D eigenvalue weighted by molar-refractivity contribution is -0.118. The number of pyridine rings is 1. The molecule has 0 bridgehead atoms. The average molecular weight is 496 g/mol. The number of thiazole rings is 1. The van der Waals surface area contributed by atoms with Crippen molar-refractivity contribution in [3.63, 3.8) is 0 Å². The Hall–Kier alpha value is -3.30. The number of carbonyl (C=O) groups is 1. The maximum absolute atomic E-state index is 13.5. The topological polar surface area (TPSA) is 89.5 Å². The fourth-order valence-corrected chi connectivity index (χ4v) is 5.51. The zero-order chi connectivity index (χ0) is 24.3. The van der Waals surface area contributed by atoms with Crippen molar-refractivity contribution in [3.8, 4) is 5.75 Å². The smallest absolute Gasteiger partial charge is 0.233 e. The van der Waals surface area contributed by atoms with Gasteiger partial charge < -0.3 is 4.74 Å². The van der Waals surface area contributed by atoms with Crippen molar-refractivity contribution in [1.82, 2.24) is 9.97 Å². The van der Waals surface area contributed by atoms with Gasteiger partial charge in [0.2, 0.25) is 5.91 Å². The quantitative estimate of drug-likeness (QED) is 0.353. The second-order valence-electron chi connectivity index (χ2n) is 8.02. The predicted octanol–water partition coefficient (Wildman–Crippen LogP) is 4.66. The van der Waals surface area contributed by atoms with Gasteiger partial charge in [0.15, 0.2) is 15.0 Å². The van der Waals surface area contributed by atoms with Crippen LogP contribution in [0.15, 0.2) is 71.8 Å². The minimum absolute atomic E-state index is 0.0991. The van der Waals surface area contributed by atoms with Crippen LogP contribution in [0.25, 0.3) is 10.2 Å². The molecule has 2 aromatic carbocycles. The lowest BCUT2D eigenvalue weighted by atomic mass is 10.1. The van der Waals surface area contributed by atoms with Crippen LogP contribution in [0, 0.1) is 0 Å². The summed E-state index contributed by atoms with van der Waals surface area (Å²) in [4.78, 5) is 24.4. The van der Waals surface area contributed by atoms with Crippen LogP contribution in [0.1, 0.15) is 25.1 Å². The van der Waals surface area contributed by atoms with Gasteiger partial charge in [0.1, 0.15) is 11.3 Å². The number of amides is 1. The molecule has 0 N–H and O–H groups in total. The molecule has 0 saturated heterocycles. The summed E-state index contributed by atoms with van der Waals surface area (Å²) in [5, 5.41) is 0.0408. The molecule has 2 heterocycles. The van der Waals surface area contributed by atoms with Gasteiger partial charge in [0.25, 0.3) is 0 Å². The number of benzene rings is 2. The highest BCUT2D eigenvalue weighted by molar-refractivity contribution is 7.92. The fourth-order valence-electron chi connectivity index (χ4n) is 3.45. The first-order chi connectivity index (χ1) is 16.3. The molecule has 176 valence electrons. The Bertz CT molecular complexity index is 1400. The van der Waals surface area contributed by atoms with Gasteiger partial charge in [-0.15, -0.1) is 0 Å². The van der Waals surface area contributed by atoms with Gasteiger partial charge in [0.05, 0.1) is 40.6 Å². The predicted molar refractivity (Wildman–Crippen MR) is 134 cm³/mol. The molecule has 0 unspecified atom stereocenters. The van der Waals surface area contributed by atoms with E-state index in [1.807, 2.05) is 36.4 Å². The van der Waals surface area contributed by atoms with Crippen LogP contribution < -0.4 is 9.64 Å². The minimum atomic E-state index is -3.37. The van der Waals surface area contributed by atoms with Gasteiger partial charge in [0, 0.05) is 6.20 Å². The summed E-state index contributed by atoms with van der Waals surface area (Å²) in [6.07, 6.45) is 1.79. The zero-order valence-corrected chi connectivity index (χ0v) is 20.8. The average Bonchev–Trinajstić information content (AvgIpc) is 3.27. The number of methoxy groups -OCH3 is 1. The SMILES string of the molecule is COc1cccc2sc(N(Cc3ccccn3)C(=O)Cc3ccc(S(=O)(=O)C(C)C)cc3)nc12. The number of aromatic nitrogens is 2. The van der Waals surface area contributed by atoms with E-state index >= 15 is 0 Å². The molecule has 1 amide bonds. The van der Waals surface area contributed by atoms with Gasteiger partial charge in [-0.2, -0.15) is 0 Å². The summed E-state index contributed by atoms with van der Waals surface area (Å²) in [7, 11) is -1.78. The Morgan fingerprint density at radius 1 is 1.06 bits per heavy atom. The third-order valence-corrected chi connectivity index (χ3v) is 8.61. The van der Waals surface area contributed by atoms with E-state index in [2.05, 4.69) is 4.98 Å². The molecule has 0 saturated carbocycles. The standard InChI is InChI=1S/C25H25N3O4S2/c1-17(2)34(30,31)20-12-10-18(11-13-20)15-23(29)28(16-19-7-4-5-14-26-19)25-27-24-21(32-3)8-6-9-22(24)33-25/h4-14,17H,15-16H2,1-3H3. The van der Waals surface area contributed by atoms with E-state index in [-0.39, 0.29) is 23.8 Å². The summed E-state index contributed by atoms with van der Waals surface area (Å²) in [5.74, 6) is 0.482. The number of rotatable bonds is 8. The second-order valence-corrected chi connectivity index (χ2v) is 11.5. The van der Waals surface area contributed by atoms with Crippen LogP contribution in [-0.4, -0.2) is 36.7 Å². The van der Waals surface area contributed by atoms with Gasteiger partial charge in [-0.25, -0.2) is 13.4 Å². The minimum Gasteiger partial charge on any atom is -0.494 e. The van der Waals surface area contributed by atoms with Crippen LogP contribution in [0.5, 0.6) is 5.75 Å². The molecule has 0 aliphatic rings. The molecule has 0 spiro atoms. The number of anilines is 1. The lowest BCUT2D eigenvalue weighted by Gasteiger charge is -2.20. The maximum atomic E-state index is 13.5. The number of carbonyl (C=O) groups excluding carboxylic acids is 1. The third-order valence-electron chi connectivity index (χ3n) is 5.40.